The fourth-order valence-electron chi connectivity index (χ4n) is 2.28. The summed E-state index contributed by atoms with van der Waals surface area (Å²) < 4.78 is 5.67. The van der Waals surface area contributed by atoms with Crippen LogP contribution in [-0.2, 0) is 9.53 Å². The predicted octanol–water partition coefficient (Wildman–Crippen LogP) is 0.957. The fraction of sp³-hybridized carbons (Fsp3) is 0.538. The zero-order valence-corrected chi connectivity index (χ0v) is 12.1. The van der Waals surface area contributed by atoms with Crippen LogP contribution in [0, 0.1) is 0 Å². The Kier molecular flexibility index (Phi) is 5.17. The van der Waals surface area contributed by atoms with Crippen LogP contribution in [0.3, 0.4) is 0 Å². The number of hydrogen-bond donors (Lipinski definition) is 1. The molecule has 2 heterocycles. The average Bonchev–Trinajstić information content (AvgIpc) is 2.38. The third kappa shape index (κ3) is 4.06. The van der Waals surface area contributed by atoms with Crippen molar-refractivity contribution in [2.45, 2.75) is 6.10 Å². The lowest BCUT2D eigenvalue weighted by Gasteiger charge is -2.35. The van der Waals surface area contributed by atoms with Gasteiger partial charge in [0.25, 0.3) is 0 Å². The number of hydrogen-bond acceptors (Lipinski definition) is 5. The van der Waals surface area contributed by atoms with Gasteiger partial charge >= 0.3 is 5.97 Å². The lowest BCUT2D eigenvalue weighted by atomic mass is 10.2. The number of pyridine rings is 1. The molecular weight excluding hydrogens is 282 g/mol. The molecule has 0 spiro atoms. The number of halogens is 1. The Morgan fingerprint density at radius 3 is 3.20 bits per heavy atom. The van der Waals surface area contributed by atoms with E-state index in [0.29, 0.717) is 24.7 Å². The number of carboxylic acids is 1. The van der Waals surface area contributed by atoms with E-state index in [1.807, 2.05) is 6.07 Å². The Morgan fingerprint density at radius 1 is 1.70 bits per heavy atom. The number of nitrogens with zero attached hydrogens (tertiary/aromatic N) is 3. The summed E-state index contributed by atoms with van der Waals surface area (Å²) in [6, 6.07) is 3.61. The number of anilines is 1. The zero-order chi connectivity index (χ0) is 14.5. The SMILES string of the molecule is CN(CC(=O)O)CC1CN(c2ncccc2Cl)CCO1. The van der Waals surface area contributed by atoms with Crippen molar-refractivity contribution in [2.24, 2.45) is 0 Å². The number of aliphatic carboxylic acids is 1. The number of morpholine rings is 1. The highest BCUT2D eigenvalue weighted by Gasteiger charge is 2.24. The summed E-state index contributed by atoms with van der Waals surface area (Å²) in [7, 11) is 1.77. The predicted molar refractivity (Wildman–Crippen MR) is 76.3 cm³/mol. The molecule has 0 amide bonds. The van der Waals surface area contributed by atoms with Crippen molar-refractivity contribution in [1.29, 1.82) is 0 Å². The maximum absolute atomic E-state index is 10.7. The van der Waals surface area contributed by atoms with Gasteiger partial charge in [0, 0.05) is 25.8 Å². The normalized spacial score (nSPS) is 19.4. The van der Waals surface area contributed by atoms with Crippen LogP contribution >= 0.6 is 11.6 Å². The van der Waals surface area contributed by atoms with Crippen molar-refractivity contribution in [3.63, 3.8) is 0 Å². The van der Waals surface area contributed by atoms with Gasteiger partial charge in [-0.3, -0.25) is 9.69 Å². The fourth-order valence-corrected chi connectivity index (χ4v) is 2.52. The zero-order valence-electron chi connectivity index (χ0n) is 11.3. The first-order valence-electron chi connectivity index (χ1n) is 6.43. The van der Waals surface area contributed by atoms with Crippen molar-refractivity contribution in [2.75, 3.05) is 44.7 Å². The highest BCUT2D eigenvalue weighted by atomic mass is 35.5. The molecule has 0 aromatic carbocycles. The first kappa shape index (κ1) is 15.0. The average molecular weight is 300 g/mol. The van der Waals surface area contributed by atoms with Gasteiger partial charge in [-0.05, 0) is 19.2 Å². The summed E-state index contributed by atoms with van der Waals surface area (Å²) in [5.41, 5.74) is 0. The van der Waals surface area contributed by atoms with E-state index in [4.69, 9.17) is 21.4 Å². The van der Waals surface area contributed by atoms with Crippen LogP contribution in [0.5, 0.6) is 0 Å². The van der Waals surface area contributed by atoms with E-state index in [1.165, 1.54) is 0 Å². The third-order valence-corrected chi connectivity index (χ3v) is 3.39. The molecule has 0 bridgehead atoms. The second-order valence-electron chi connectivity index (χ2n) is 4.84. The maximum Gasteiger partial charge on any atom is 0.317 e. The van der Waals surface area contributed by atoms with Crippen LogP contribution in [0.25, 0.3) is 0 Å². The Balaban J connectivity index is 1.95. The molecule has 110 valence electrons. The molecule has 1 aliphatic heterocycles. The number of ether oxygens (including phenoxy) is 1. The number of carboxylic acid groups (broad SMARTS) is 1. The lowest BCUT2D eigenvalue weighted by Crippen LogP contribution is -2.48. The number of likely N-dealkylation sites (N-methyl/N-ethyl adjacent to an activating group) is 1. The smallest absolute Gasteiger partial charge is 0.317 e. The van der Waals surface area contributed by atoms with E-state index in [2.05, 4.69) is 9.88 Å². The van der Waals surface area contributed by atoms with E-state index < -0.39 is 5.97 Å². The van der Waals surface area contributed by atoms with E-state index in [-0.39, 0.29) is 12.6 Å². The van der Waals surface area contributed by atoms with Crippen molar-refractivity contribution < 1.29 is 14.6 Å². The van der Waals surface area contributed by atoms with Gasteiger partial charge in [0.15, 0.2) is 0 Å². The van der Waals surface area contributed by atoms with Crippen LogP contribution in [-0.4, -0.2) is 66.9 Å². The highest BCUT2D eigenvalue weighted by molar-refractivity contribution is 6.32. The van der Waals surface area contributed by atoms with E-state index >= 15 is 0 Å². The first-order valence-corrected chi connectivity index (χ1v) is 6.81. The molecule has 20 heavy (non-hydrogen) atoms. The molecule has 1 aromatic rings. The van der Waals surface area contributed by atoms with Crippen molar-refractivity contribution in [3.05, 3.63) is 23.4 Å². The second kappa shape index (κ2) is 6.88. The van der Waals surface area contributed by atoms with Crippen LogP contribution in [0.1, 0.15) is 0 Å². The van der Waals surface area contributed by atoms with Gasteiger partial charge in [0.2, 0.25) is 0 Å². The van der Waals surface area contributed by atoms with Crippen LogP contribution < -0.4 is 4.90 Å². The summed E-state index contributed by atoms with van der Waals surface area (Å²) in [4.78, 5) is 18.8. The quantitative estimate of drug-likeness (QED) is 0.873. The van der Waals surface area contributed by atoms with E-state index in [0.717, 1.165) is 12.4 Å². The highest BCUT2D eigenvalue weighted by Crippen LogP contribution is 2.24. The molecule has 1 aromatic heterocycles. The number of rotatable bonds is 5. The van der Waals surface area contributed by atoms with Gasteiger partial charge in [-0.2, -0.15) is 0 Å². The third-order valence-electron chi connectivity index (χ3n) is 3.10. The Hall–Kier alpha value is -1.37. The minimum atomic E-state index is -0.840. The van der Waals surface area contributed by atoms with Crippen LogP contribution in [0.4, 0.5) is 5.82 Å². The monoisotopic (exact) mass is 299 g/mol. The van der Waals surface area contributed by atoms with Crippen LogP contribution in [0.15, 0.2) is 18.3 Å². The standard InChI is InChI=1S/C13H18ClN3O3/c1-16(9-12(18)19)7-10-8-17(5-6-20-10)13-11(14)3-2-4-15-13/h2-4,10H,5-9H2,1H3,(H,18,19). The van der Waals surface area contributed by atoms with Crippen molar-refractivity contribution in [3.8, 4) is 0 Å². The Labute approximate surface area is 122 Å². The van der Waals surface area contributed by atoms with Crippen molar-refractivity contribution in [1.82, 2.24) is 9.88 Å². The Morgan fingerprint density at radius 2 is 2.50 bits per heavy atom. The topological polar surface area (TPSA) is 65.9 Å². The molecule has 1 N–H and O–H groups in total. The van der Waals surface area contributed by atoms with Gasteiger partial charge in [0.1, 0.15) is 5.82 Å². The van der Waals surface area contributed by atoms with Gasteiger partial charge in [-0.15, -0.1) is 0 Å². The molecule has 1 fully saturated rings. The first-order chi connectivity index (χ1) is 9.56. The summed E-state index contributed by atoms with van der Waals surface area (Å²) in [6.07, 6.45) is 1.66. The molecule has 0 saturated carbocycles. The van der Waals surface area contributed by atoms with Gasteiger partial charge in [-0.25, -0.2) is 4.98 Å². The number of aromatic nitrogens is 1. The molecule has 0 aliphatic carbocycles. The molecule has 1 aliphatic rings. The van der Waals surface area contributed by atoms with E-state index in [9.17, 15) is 4.79 Å². The molecular formula is C13H18ClN3O3. The van der Waals surface area contributed by atoms with Crippen LogP contribution in [0.2, 0.25) is 5.02 Å². The molecule has 2 rings (SSSR count). The van der Waals surface area contributed by atoms with Gasteiger partial charge in [0.05, 0.1) is 24.3 Å². The molecule has 6 nitrogen and oxygen atoms in total. The summed E-state index contributed by atoms with van der Waals surface area (Å²) in [5, 5.41) is 9.38. The summed E-state index contributed by atoms with van der Waals surface area (Å²) >= 11 is 6.15. The number of carbonyl (C=O) groups is 1. The second-order valence-corrected chi connectivity index (χ2v) is 5.25. The van der Waals surface area contributed by atoms with Crippen molar-refractivity contribution >= 4 is 23.4 Å². The van der Waals surface area contributed by atoms with Gasteiger partial charge in [-0.1, -0.05) is 11.6 Å². The largest absolute Gasteiger partial charge is 0.480 e. The summed E-state index contributed by atoms with van der Waals surface area (Å²) in [6.45, 7) is 2.53. The molecule has 1 unspecified atom stereocenters. The maximum atomic E-state index is 10.7. The minimum absolute atomic E-state index is 0.00417. The molecule has 1 atom stereocenters. The summed E-state index contributed by atoms with van der Waals surface area (Å²) in [5.74, 6) is -0.0868. The minimum Gasteiger partial charge on any atom is -0.480 e. The molecule has 0 radical (unpaired) electrons. The Bertz CT molecular complexity index is 472. The molecule has 1 saturated heterocycles. The van der Waals surface area contributed by atoms with Gasteiger partial charge < -0.3 is 14.7 Å². The lowest BCUT2D eigenvalue weighted by molar-refractivity contribution is -0.138. The van der Waals surface area contributed by atoms with E-state index in [1.54, 1.807) is 24.2 Å². The molecule has 7 heteroatoms.